The Morgan fingerprint density at radius 1 is 1.56 bits per heavy atom. The largest absolute Gasteiger partial charge is 0.396 e. The van der Waals surface area contributed by atoms with Crippen molar-refractivity contribution < 1.29 is 5.11 Å². The van der Waals surface area contributed by atoms with Gasteiger partial charge in [0.25, 0.3) is 0 Å². The quantitative estimate of drug-likeness (QED) is 0.843. The summed E-state index contributed by atoms with van der Waals surface area (Å²) in [4.78, 5) is 2.65. The topological polar surface area (TPSA) is 32.3 Å². The monoisotopic (exact) mass is 305 g/mol. The zero-order valence-corrected chi connectivity index (χ0v) is 12.5. The smallest absolute Gasteiger partial charge is 0.0448 e. The zero-order valence-electron chi connectivity index (χ0n) is 10.1. The molecular weight excluding hydrogens is 286 g/mol. The summed E-state index contributed by atoms with van der Waals surface area (Å²) in [5.41, 5.74) is 0.0408. The fraction of sp³-hybridized carbons (Fsp3) is 0.667. The van der Waals surface area contributed by atoms with Crippen molar-refractivity contribution in [1.82, 2.24) is 5.32 Å². The van der Waals surface area contributed by atoms with Crippen molar-refractivity contribution in [3.63, 3.8) is 0 Å². The first-order chi connectivity index (χ1) is 7.50. The third-order valence-electron chi connectivity index (χ3n) is 3.04. The van der Waals surface area contributed by atoms with E-state index < -0.39 is 0 Å². The minimum atomic E-state index is 0.0408. The van der Waals surface area contributed by atoms with Gasteiger partial charge >= 0.3 is 0 Å². The van der Waals surface area contributed by atoms with Gasteiger partial charge in [0.1, 0.15) is 0 Å². The first-order valence-electron chi connectivity index (χ1n) is 5.61. The molecule has 16 heavy (non-hydrogen) atoms. The van der Waals surface area contributed by atoms with Gasteiger partial charge in [0, 0.05) is 32.9 Å². The van der Waals surface area contributed by atoms with Crippen molar-refractivity contribution in [2.75, 3.05) is 6.61 Å². The first-order valence-corrected chi connectivity index (χ1v) is 7.22. The predicted molar refractivity (Wildman–Crippen MR) is 74.0 cm³/mol. The van der Waals surface area contributed by atoms with Crippen molar-refractivity contribution in [2.24, 2.45) is 0 Å². The Kier molecular flexibility index (Phi) is 5.44. The summed E-state index contributed by atoms with van der Waals surface area (Å²) in [6.45, 7) is 7.55. The summed E-state index contributed by atoms with van der Waals surface area (Å²) in [6.07, 6.45) is 1.83. The van der Waals surface area contributed by atoms with Gasteiger partial charge in [-0.05, 0) is 48.7 Å². The maximum Gasteiger partial charge on any atom is 0.0448 e. The van der Waals surface area contributed by atoms with Gasteiger partial charge in [0.2, 0.25) is 0 Å². The molecular formula is C12H20BrNOS. The molecule has 1 aromatic rings. The van der Waals surface area contributed by atoms with E-state index >= 15 is 0 Å². The van der Waals surface area contributed by atoms with E-state index in [1.165, 1.54) is 14.2 Å². The molecule has 2 N–H and O–H groups in total. The molecule has 0 saturated heterocycles. The molecule has 0 bridgehead atoms. The van der Waals surface area contributed by atoms with Gasteiger partial charge in [-0.15, -0.1) is 11.3 Å². The molecule has 92 valence electrons. The lowest BCUT2D eigenvalue weighted by Crippen LogP contribution is -2.41. The third kappa shape index (κ3) is 3.84. The molecule has 1 aromatic heterocycles. The molecule has 4 heteroatoms. The van der Waals surface area contributed by atoms with Crippen LogP contribution in [-0.2, 0) is 6.54 Å². The Hall–Kier alpha value is 0.1000. The lowest BCUT2D eigenvalue weighted by molar-refractivity contribution is 0.215. The molecule has 0 radical (unpaired) electrons. The summed E-state index contributed by atoms with van der Waals surface area (Å²) < 4.78 is 1.19. The van der Waals surface area contributed by atoms with Gasteiger partial charge in [-0.1, -0.05) is 6.92 Å². The lowest BCUT2D eigenvalue weighted by atomic mass is 9.95. The van der Waals surface area contributed by atoms with E-state index in [2.05, 4.69) is 48.1 Å². The third-order valence-corrected chi connectivity index (χ3v) is 5.18. The number of thiophene rings is 1. The molecule has 0 aliphatic carbocycles. The zero-order chi connectivity index (χ0) is 12.2. The van der Waals surface area contributed by atoms with Crippen molar-refractivity contribution in [1.29, 1.82) is 0 Å². The van der Waals surface area contributed by atoms with Crippen LogP contribution in [0.3, 0.4) is 0 Å². The molecule has 0 aromatic carbocycles. The highest BCUT2D eigenvalue weighted by atomic mass is 79.9. The molecule has 1 heterocycles. The van der Waals surface area contributed by atoms with Crippen LogP contribution < -0.4 is 5.32 Å². The molecule has 0 amide bonds. The highest BCUT2D eigenvalue weighted by Crippen LogP contribution is 2.27. The highest BCUT2D eigenvalue weighted by molar-refractivity contribution is 9.10. The Bertz CT molecular complexity index is 320. The molecule has 0 fully saturated rings. The van der Waals surface area contributed by atoms with Crippen LogP contribution in [0.1, 0.15) is 36.4 Å². The fourth-order valence-corrected chi connectivity index (χ4v) is 3.08. The molecule has 0 saturated carbocycles. The molecule has 0 aliphatic heterocycles. The summed E-state index contributed by atoms with van der Waals surface area (Å²) in [7, 11) is 0. The number of hydrogen-bond donors (Lipinski definition) is 2. The number of rotatable bonds is 6. The minimum absolute atomic E-state index is 0.0408. The summed E-state index contributed by atoms with van der Waals surface area (Å²) >= 11 is 5.34. The van der Waals surface area contributed by atoms with E-state index in [1.807, 2.05) is 11.3 Å². The predicted octanol–water partition coefficient (Wildman–Crippen LogP) is 3.46. The van der Waals surface area contributed by atoms with E-state index in [9.17, 15) is 0 Å². The van der Waals surface area contributed by atoms with E-state index in [-0.39, 0.29) is 12.1 Å². The molecule has 1 rings (SSSR count). The molecule has 1 unspecified atom stereocenters. The van der Waals surface area contributed by atoms with Crippen LogP contribution in [0.4, 0.5) is 0 Å². The maximum absolute atomic E-state index is 9.03. The van der Waals surface area contributed by atoms with Crippen LogP contribution in [0.2, 0.25) is 0 Å². The van der Waals surface area contributed by atoms with Gasteiger partial charge in [-0.2, -0.15) is 0 Å². The second kappa shape index (κ2) is 6.15. The van der Waals surface area contributed by atoms with Gasteiger partial charge < -0.3 is 10.4 Å². The van der Waals surface area contributed by atoms with Crippen molar-refractivity contribution in [2.45, 2.75) is 45.7 Å². The average Bonchev–Trinajstić information content (AvgIpc) is 2.56. The van der Waals surface area contributed by atoms with Crippen LogP contribution in [0.15, 0.2) is 10.5 Å². The minimum Gasteiger partial charge on any atom is -0.396 e. The summed E-state index contributed by atoms with van der Waals surface area (Å²) in [6, 6.07) is 2.17. The number of nitrogens with one attached hydrogen (secondary N) is 1. The van der Waals surface area contributed by atoms with Crippen molar-refractivity contribution in [3.05, 3.63) is 20.3 Å². The van der Waals surface area contributed by atoms with Crippen LogP contribution >= 0.6 is 27.3 Å². The van der Waals surface area contributed by atoms with Crippen molar-refractivity contribution in [3.8, 4) is 0 Å². The van der Waals surface area contributed by atoms with Gasteiger partial charge in [0.05, 0.1) is 0 Å². The van der Waals surface area contributed by atoms with E-state index in [0.717, 1.165) is 19.4 Å². The lowest BCUT2D eigenvalue weighted by Gasteiger charge is -2.28. The van der Waals surface area contributed by atoms with E-state index in [1.54, 1.807) is 0 Å². The first kappa shape index (κ1) is 14.2. The van der Waals surface area contributed by atoms with Crippen LogP contribution in [0, 0.1) is 6.92 Å². The van der Waals surface area contributed by atoms with E-state index in [0.29, 0.717) is 0 Å². The molecule has 2 nitrogen and oxygen atoms in total. The van der Waals surface area contributed by atoms with E-state index in [4.69, 9.17) is 5.11 Å². The normalized spacial score (nSPS) is 15.1. The Morgan fingerprint density at radius 2 is 2.25 bits per heavy atom. The highest BCUT2D eigenvalue weighted by Gasteiger charge is 2.20. The maximum atomic E-state index is 9.03. The number of halogens is 1. The summed E-state index contributed by atoms with van der Waals surface area (Å²) in [5.74, 6) is 0. The van der Waals surface area contributed by atoms with Gasteiger partial charge in [-0.25, -0.2) is 0 Å². The SMILES string of the molecule is CCC(C)(CCO)NCc1cc(Br)c(C)s1. The molecule has 0 spiro atoms. The Labute approximate surface area is 110 Å². The Balaban J connectivity index is 2.55. The number of aliphatic hydroxyl groups is 1. The molecule has 0 aliphatic rings. The van der Waals surface area contributed by atoms with Crippen molar-refractivity contribution >= 4 is 27.3 Å². The molecule has 1 atom stereocenters. The fourth-order valence-electron chi connectivity index (χ4n) is 1.54. The standard InChI is InChI=1S/C12H20BrNOS/c1-4-12(3,5-6-15)14-8-10-7-11(13)9(2)16-10/h7,14-15H,4-6,8H2,1-3H3. The summed E-state index contributed by atoms with van der Waals surface area (Å²) in [5, 5.41) is 12.6. The average molecular weight is 306 g/mol. The van der Waals surface area contributed by atoms with Crippen LogP contribution in [0.5, 0.6) is 0 Å². The number of aryl methyl sites for hydroxylation is 1. The Morgan fingerprint density at radius 3 is 2.69 bits per heavy atom. The van der Waals surface area contributed by atoms with Gasteiger partial charge in [-0.3, -0.25) is 0 Å². The van der Waals surface area contributed by atoms with Gasteiger partial charge in [0.15, 0.2) is 0 Å². The van der Waals surface area contributed by atoms with Crippen LogP contribution in [0.25, 0.3) is 0 Å². The second-order valence-corrected chi connectivity index (χ2v) is 6.55. The van der Waals surface area contributed by atoms with Crippen LogP contribution in [-0.4, -0.2) is 17.3 Å². The second-order valence-electron chi connectivity index (χ2n) is 4.36. The number of aliphatic hydroxyl groups excluding tert-OH is 1. The number of hydrogen-bond acceptors (Lipinski definition) is 3.